The fourth-order valence-electron chi connectivity index (χ4n) is 2.42. The third-order valence-corrected chi connectivity index (χ3v) is 5.33. The smallest absolute Gasteiger partial charge is 0.0671 e. The average molecular weight is 336 g/mol. The van der Waals surface area contributed by atoms with Crippen LogP contribution in [0.25, 0.3) is 10.1 Å². The predicted octanol–water partition coefficient (Wildman–Crippen LogP) is 5.91. The third kappa shape index (κ3) is 3.09. The highest BCUT2D eigenvalue weighted by Crippen LogP contribution is 2.35. The van der Waals surface area contributed by atoms with Gasteiger partial charge < -0.3 is 5.32 Å². The first-order chi connectivity index (χ1) is 10.2. The van der Waals surface area contributed by atoms with Gasteiger partial charge in [-0.3, -0.25) is 0 Å². The number of benzene rings is 2. The summed E-state index contributed by atoms with van der Waals surface area (Å²) in [6, 6.07) is 16.7. The van der Waals surface area contributed by atoms with Gasteiger partial charge in [0.2, 0.25) is 0 Å². The molecule has 3 rings (SSSR count). The molecule has 0 aliphatic rings. The summed E-state index contributed by atoms with van der Waals surface area (Å²) in [5.74, 6) is 0. The van der Waals surface area contributed by atoms with Crippen LogP contribution in [0.3, 0.4) is 0 Å². The van der Waals surface area contributed by atoms with Gasteiger partial charge in [0.1, 0.15) is 0 Å². The van der Waals surface area contributed by atoms with Crippen molar-refractivity contribution < 1.29 is 0 Å². The molecule has 1 N–H and O–H groups in total. The molecule has 1 nitrogen and oxygen atoms in total. The number of thiophene rings is 1. The molecule has 0 saturated carbocycles. The van der Waals surface area contributed by atoms with E-state index < -0.39 is 0 Å². The summed E-state index contributed by atoms with van der Waals surface area (Å²) in [4.78, 5) is 1.29. The number of rotatable bonds is 4. The Morgan fingerprint density at radius 3 is 2.57 bits per heavy atom. The van der Waals surface area contributed by atoms with Crippen LogP contribution in [-0.4, -0.2) is 6.54 Å². The lowest BCUT2D eigenvalue weighted by atomic mass is 10.0. The van der Waals surface area contributed by atoms with E-state index in [0.717, 1.165) is 12.1 Å². The molecular formula is C17H15Cl2NS. The van der Waals surface area contributed by atoms with Crippen LogP contribution in [0.1, 0.15) is 23.4 Å². The van der Waals surface area contributed by atoms with Gasteiger partial charge in [-0.1, -0.05) is 54.4 Å². The van der Waals surface area contributed by atoms with Crippen molar-refractivity contribution in [2.45, 2.75) is 13.0 Å². The Bertz CT molecular complexity index is 733. The first-order valence-electron chi connectivity index (χ1n) is 6.86. The molecule has 21 heavy (non-hydrogen) atoms. The summed E-state index contributed by atoms with van der Waals surface area (Å²) < 4.78 is 1.30. The van der Waals surface area contributed by atoms with E-state index in [1.165, 1.54) is 15.0 Å². The third-order valence-electron chi connectivity index (χ3n) is 3.41. The van der Waals surface area contributed by atoms with Crippen molar-refractivity contribution in [1.82, 2.24) is 5.32 Å². The van der Waals surface area contributed by atoms with E-state index in [9.17, 15) is 0 Å². The predicted molar refractivity (Wildman–Crippen MR) is 93.8 cm³/mol. The molecule has 0 aliphatic carbocycles. The van der Waals surface area contributed by atoms with Gasteiger partial charge >= 0.3 is 0 Å². The van der Waals surface area contributed by atoms with Crippen LogP contribution in [0.4, 0.5) is 0 Å². The molecule has 0 bridgehead atoms. The standard InChI is InChI=1S/C17H15Cl2NS/c1-2-20-17(12-7-8-13(18)14(19)9-12)16-10-11-5-3-4-6-15(11)21-16/h3-10,17,20H,2H2,1H3. The van der Waals surface area contributed by atoms with Crippen LogP contribution in [-0.2, 0) is 0 Å². The van der Waals surface area contributed by atoms with E-state index in [2.05, 4.69) is 42.6 Å². The normalized spacial score (nSPS) is 12.7. The SMILES string of the molecule is CCNC(c1ccc(Cl)c(Cl)c1)c1cc2ccccc2s1. The molecule has 1 aromatic heterocycles. The van der Waals surface area contributed by atoms with Crippen molar-refractivity contribution in [3.63, 3.8) is 0 Å². The second-order valence-electron chi connectivity index (χ2n) is 4.85. The molecule has 0 aliphatic heterocycles. The highest BCUT2D eigenvalue weighted by atomic mass is 35.5. The van der Waals surface area contributed by atoms with Crippen molar-refractivity contribution >= 4 is 44.6 Å². The van der Waals surface area contributed by atoms with Crippen LogP contribution in [0, 0.1) is 0 Å². The Labute approximate surface area is 138 Å². The lowest BCUT2D eigenvalue weighted by Crippen LogP contribution is -2.21. The first kappa shape index (κ1) is 14.9. The van der Waals surface area contributed by atoms with Crippen LogP contribution >= 0.6 is 34.5 Å². The second kappa shape index (κ2) is 6.37. The minimum atomic E-state index is 0.141. The van der Waals surface area contributed by atoms with E-state index in [0.29, 0.717) is 10.0 Å². The van der Waals surface area contributed by atoms with E-state index >= 15 is 0 Å². The van der Waals surface area contributed by atoms with Gasteiger partial charge in [0, 0.05) is 9.58 Å². The maximum atomic E-state index is 6.17. The fraction of sp³-hybridized carbons (Fsp3) is 0.176. The largest absolute Gasteiger partial charge is 0.306 e. The molecule has 0 saturated heterocycles. The quantitative estimate of drug-likeness (QED) is 0.625. The molecule has 0 amide bonds. The van der Waals surface area contributed by atoms with Crippen molar-refractivity contribution in [1.29, 1.82) is 0 Å². The van der Waals surface area contributed by atoms with E-state index in [1.54, 1.807) is 0 Å². The summed E-state index contributed by atoms with van der Waals surface area (Å²) in [5.41, 5.74) is 1.14. The molecule has 3 aromatic rings. The molecule has 4 heteroatoms. The van der Waals surface area contributed by atoms with Crippen LogP contribution in [0.2, 0.25) is 10.0 Å². The first-order valence-corrected chi connectivity index (χ1v) is 8.43. The van der Waals surface area contributed by atoms with Gasteiger partial charge in [0.25, 0.3) is 0 Å². The van der Waals surface area contributed by atoms with Crippen LogP contribution in [0.5, 0.6) is 0 Å². The lowest BCUT2D eigenvalue weighted by molar-refractivity contribution is 0.640. The fourth-order valence-corrected chi connectivity index (χ4v) is 3.90. The number of hydrogen-bond donors (Lipinski definition) is 1. The van der Waals surface area contributed by atoms with Crippen LogP contribution < -0.4 is 5.32 Å². The van der Waals surface area contributed by atoms with Crippen molar-refractivity contribution in [2.75, 3.05) is 6.54 Å². The summed E-state index contributed by atoms with van der Waals surface area (Å²) in [5, 5.41) is 6.00. The van der Waals surface area contributed by atoms with Gasteiger partial charge in [0.15, 0.2) is 0 Å². The number of fused-ring (bicyclic) bond motifs is 1. The zero-order valence-corrected chi connectivity index (χ0v) is 13.9. The minimum absolute atomic E-state index is 0.141. The molecule has 1 heterocycles. The average Bonchev–Trinajstić information content (AvgIpc) is 2.91. The molecule has 0 radical (unpaired) electrons. The molecule has 1 atom stereocenters. The van der Waals surface area contributed by atoms with E-state index in [1.807, 2.05) is 29.5 Å². The Balaban J connectivity index is 2.05. The molecule has 108 valence electrons. The highest BCUT2D eigenvalue weighted by Gasteiger charge is 2.16. The Morgan fingerprint density at radius 2 is 1.86 bits per heavy atom. The second-order valence-corrected chi connectivity index (χ2v) is 6.78. The summed E-state index contributed by atoms with van der Waals surface area (Å²) >= 11 is 14.0. The van der Waals surface area contributed by atoms with E-state index in [-0.39, 0.29) is 6.04 Å². The molecule has 2 aromatic carbocycles. The Morgan fingerprint density at radius 1 is 1.05 bits per heavy atom. The van der Waals surface area contributed by atoms with Gasteiger partial charge in [-0.15, -0.1) is 11.3 Å². The zero-order valence-electron chi connectivity index (χ0n) is 11.6. The topological polar surface area (TPSA) is 12.0 Å². The molecule has 0 spiro atoms. The van der Waals surface area contributed by atoms with Gasteiger partial charge in [-0.2, -0.15) is 0 Å². The molecule has 1 unspecified atom stereocenters. The van der Waals surface area contributed by atoms with E-state index in [4.69, 9.17) is 23.2 Å². The summed E-state index contributed by atoms with van der Waals surface area (Å²) in [6.45, 7) is 3.00. The van der Waals surface area contributed by atoms with Gasteiger partial charge in [0.05, 0.1) is 16.1 Å². The van der Waals surface area contributed by atoms with Gasteiger partial charge in [-0.25, -0.2) is 0 Å². The van der Waals surface area contributed by atoms with Crippen LogP contribution in [0.15, 0.2) is 48.5 Å². The molecular weight excluding hydrogens is 321 g/mol. The summed E-state index contributed by atoms with van der Waals surface area (Å²) in [7, 11) is 0. The number of hydrogen-bond acceptors (Lipinski definition) is 2. The van der Waals surface area contributed by atoms with Crippen molar-refractivity contribution in [3.8, 4) is 0 Å². The van der Waals surface area contributed by atoms with Crippen molar-refractivity contribution in [2.24, 2.45) is 0 Å². The number of nitrogens with one attached hydrogen (secondary N) is 1. The maximum Gasteiger partial charge on any atom is 0.0671 e. The zero-order chi connectivity index (χ0) is 14.8. The monoisotopic (exact) mass is 335 g/mol. The maximum absolute atomic E-state index is 6.17. The molecule has 0 fully saturated rings. The summed E-state index contributed by atoms with van der Waals surface area (Å²) in [6.07, 6.45) is 0. The highest BCUT2D eigenvalue weighted by molar-refractivity contribution is 7.19. The van der Waals surface area contributed by atoms with Gasteiger partial charge in [-0.05, 0) is 41.8 Å². The Hall–Kier alpha value is -1.06. The Kier molecular flexibility index (Phi) is 4.51. The lowest BCUT2D eigenvalue weighted by Gasteiger charge is -2.17. The number of halogens is 2. The minimum Gasteiger partial charge on any atom is -0.306 e. The van der Waals surface area contributed by atoms with Crippen molar-refractivity contribution in [3.05, 3.63) is 69.0 Å².